The number of hydrogen-bond acceptors (Lipinski definition) is 4. The number of aliphatic carboxylic acids is 1. The van der Waals surface area contributed by atoms with Crippen LogP contribution in [0.3, 0.4) is 0 Å². The van der Waals surface area contributed by atoms with Gasteiger partial charge in [0.25, 0.3) is 0 Å². The molecule has 3 N–H and O–H groups in total. The molecule has 6 heteroatoms. The Labute approximate surface area is 124 Å². The zero-order chi connectivity index (χ0) is 16.2. The number of likely N-dealkylation sites (N-methyl/N-ethyl adjacent to an activating group) is 1. The lowest BCUT2D eigenvalue weighted by molar-refractivity contribution is -0.142. The number of carbonyl (C=O) groups excluding carboxylic acids is 1. The highest BCUT2D eigenvalue weighted by molar-refractivity contribution is 5.80. The van der Waals surface area contributed by atoms with Crippen LogP contribution in [0.4, 0.5) is 10.5 Å². The van der Waals surface area contributed by atoms with Gasteiger partial charge in [0.15, 0.2) is 0 Å². The molecule has 0 fully saturated rings. The van der Waals surface area contributed by atoms with Crippen LogP contribution in [-0.4, -0.2) is 40.8 Å². The molecule has 0 aliphatic carbocycles. The molecule has 0 aromatic heterocycles. The molecule has 1 aromatic carbocycles. The van der Waals surface area contributed by atoms with E-state index >= 15 is 0 Å². The average Bonchev–Trinajstić information content (AvgIpc) is 2.34. The summed E-state index contributed by atoms with van der Waals surface area (Å²) in [5.41, 5.74) is 6.31. The number of nitrogen functional groups attached to an aromatic ring is 1. The molecular weight excluding hydrogens is 272 g/mol. The third kappa shape index (κ3) is 5.33. The van der Waals surface area contributed by atoms with Crippen molar-refractivity contribution in [3.05, 3.63) is 29.8 Å². The van der Waals surface area contributed by atoms with E-state index in [-0.39, 0.29) is 6.42 Å². The van der Waals surface area contributed by atoms with Gasteiger partial charge in [-0.3, -0.25) is 4.90 Å². The molecule has 0 aliphatic heterocycles. The molecule has 1 amide bonds. The van der Waals surface area contributed by atoms with E-state index in [1.165, 1.54) is 7.05 Å². The summed E-state index contributed by atoms with van der Waals surface area (Å²) in [6, 6.07) is 5.88. The van der Waals surface area contributed by atoms with E-state index < -0.39 is 23.7 Å². The van der Waals surface area contributed by atoms with Crippen LogP contribution >= 0.6 is 0 Å². The van der Waals surface area contributed by atoms with Gasteiger partial charge in [0.05, 0.1) is 0 Å². The Bertz CT molecular complexity index is 505. The van der Waals surface area contributed by atoms with E-state index in [1.807, 2.05) is 0 Å². The topological polar surface area (TPSA) is 92.9 Å². The van der Waals surface area contributed by atoms with Gasteiger partial charge in [-0.25, -0.2) is 9.59 Å². The number of anilines is 1. The summed E-state index contributed by atoms with van der Waals surface area (Å²) in [4.78, 5) is 24.5. The molecule has 0 saturated heterocycles. The molecule has 6 nitrogen and oxygen atoms in total. The van der Waals surface area contributed by atoms with Crippen molar-refractivity contribution in [1.29, 1.82) is 0 Å². The molecule has 0 radical (unpaired) electrons. The summed E-state index contributed by atoms with van der Waals surface area (Å²) in [6.45, 7) is 5.19. The van der Waals surface area contributed by atoms with Gasteiger partial charge in [0.2, 0.25) is 0 Å². The lowest BCUT2D eigenvalue weighted by Crippen LogP contribution is -2.46. The minimum absolute atomic E-state index is 0.186. The third-order valence-electron chi connectivity index (χ3n) is 2.84. The molecule has 116 valence electrons. The number of nitrogens with zero attached hydrogens (tertiary/aromatic N) is 1. The summed E-state index contributed by atoms with van der Waals surface area (Å²) in [6.07, 6.45) is -0.476. The Morgan fingerprint density at radius 3 is 2.24 bits per heavy atom. The fourth-order valence-electron chi connectivity index (χ4n) is 1.73. The highest BCUT2D eigenvalue weighted by atomic mass is 16.6. The van der Waals surface area contributed by atoms with Crippen LogP contribution in [-0.2, 0) is 16.0 Å². The van der Waals surface area contributed by atoms with Gasteiger partial charge in [-0.05, 0) is 38.5 Å². The first-order valence-electron chi connectivity index (χ1n) is 6.63. The molecule has 0 unspecified atom stereocenters. The molecule has 1 atom stereocenters. The summed E-state index contributed by atoms with van der Waals surface area (Å²) in [5.74, 6) is -1.08. The molecule has 0 saturated carbocycles. The van der Waals surface area contributed by atoms with Crippen molar-refractivity contribution in [2.75, 3.05) is 12.8 Å². The van der Waals surface area contributed by atoms with E-state index in [1.54, 1.807) is 45.0 Å². The predicted octanol–water partition coefficient (Wildman–Crippen LogP) is 2.13. The summed E-state index contributed by atoms with van der Waals surface area (Å²) in [7, 11) is 1.42. The molecule has 0 spiro atoms. The van der Waals surface area contributed by atoms with Crippen LogP contribution < -0.4 is 5.73 Å². The molecule has 1 rings (SSSR count). The highest BCUT2D eigenvalue weighted by Gasteiger charge is 2.30. The summed E-state index contributed by atoms with van der Waals surface area (Å²) < 4.78 is 5.19. The monoisotopic (exact) mass is 294 g/mol. The maximum atomic E-state index is 12.0. The second-order valence-electron chi connectivity index (χ2n) is 5.89. The Balaban J connectivity index is 2.83. The number of carboxylic acids is 1. The fraction of sp³-hybridized carbons (Fsp3) is 0.467. The molecule has 0 heterocycles. The maximum Gasteiger partial charge on any atom is 0.410 e. The fourth-order valence-corrected chi connectivity index (χ4v) is 1.73. The van der Waals surface area contributed by atoms with Gasteiger partial charge in [-0.2, -0.15) is 0 Å². The van der Waals surface area contributed by atoms with E-state index in [4.69, 9.17) is 10.5 Å². The number of amides is 1. The zero-order valence-electron chi connectivity index (χ0n) is 12.8. The normalized spacial score (nSPS) is 12.6. The number of ether oxygens (including phenoxy) is 1. The molecule has 0 aliphatic rings. The van der Waals surface area contributed by atoms with Crippen LogP contribution in [0.25, 0.3) is 0 Å². The van der Waals surface area contributed by atoms with Crippen LogP contribution in [0.1, 0.15) is 26.3 Å². The SMILES string of the molecule is CN(C(=O)OC(C)(C)C)[C@@H](Cc1ccc(N)cc1)C(=O)O. The van der Waals surface area contributed by atoms with Crippen molar-refractivity contribution < 1.29 is 19.4 Å². The Hall–Kier alpha value is -2.24. The van der Waals surface area contributed by atoms with Crippen molar-refractivity contribution >= 4 is 17.7 Å². The second kappa shape index (κ2) is 6.47. The number of rotatable bonds is 4. The van der Waals surface area contributed by atoms with E-state index in [9.17, 15) is 14.7 Å². The first-order chi connectivity index (χ1) is 9.60. The number of benzene rings is 1. The maximum absolute atomic E-state index is 12.0. The first kappa shape index (κ1) is 16.8. The van der Waals surface area contributed by atoms with Crippen molar-refractivity contribution in [1.82, 2.24) is 4.90 Å². The van der Waals surface area contributed by atoms with Crippen LogP contribution in [0.5, 0.6) is 0 Å². The van der Waals surface area contributed by atoms with Crippen molar-refractivity contribution in [3.63, 3.8) is 0 Å². The van der Waals surface area contributed by atoms with Crippen molar-refractivity contribution in [3.8, 4) is 0 Å². The third-order valence-corrected chi connectivity index (χ3v) is 2.84. The first-order valence-corrected chi connectivity index (χ1v) is 6.63. The average molecular weight is 294 g/mol. The van der Waals surface area contributed by atoms with Crippen molar-refractivity contribution in [2.45, 2.75) is 38.8 Å². The molecule has 0 bridgehead atoms. The van der Waals surface area contributed by atoms with Gasteiger partial charge in [-0.15, -0.1) is 0 Å². The summed E-state index contributed by atoms with van der Waals surface area (Å²) >= 11 is 0. The highest BCUT2D eigenvalue weighted by Crippen LogP contribution is 2.15. The number of carbonyl (C=O) groups is 2. The predicted molar refractivity (Wildman–Crippen MR) is 80.0 cm³/mol. The van der Waals surface area contributed by atoms with Gasteiger partial charge in [0, 0.05) is 19.2 Å². The van der Waals surface area contributed by atoms with Gasteiger partial charge in [0.1, 0.15) is 11.6 Å². The minimum Gasteiger partial charge on any atom is -0.480 e. The Kier molecular flexibility index (Phi) is 5.18. The van der Waals surface area contributed by atoms with Crippen LogP contribution in [0, 0.1) is 0 Å². The Morgan fingerprint density at radius 1 is 1.29 bits per heavy atom. The smallest absolute Gasteiger partial charge is 0.410 e. The number of hydrogen-bond donors (Lipinski definition) is 2. The molecule has 21 heavy (non-hydrogen) atoms. The van der Waals surface area contributed by atoms with E-state index in [0.29, 0.717) is 5.69 Å². The minimum atomic E-state index is -1.08. The molecule has 1 aromatic rings. The number of carboxylic acid groups (broad SMARTS) is 1. The number of nitrogens with two attached hydrogens (primary N) is 1. The van der Waals surface area contributed by atoms with Gasteiger partial charge in [-0.1, -0.05) is 12.1 Å². The van der Waals surface area contributed by atoms with Crippen LogP contribution in [0.2, 0.25) is 0 Å². The van der Waals surface area contributed by atoms with Crippen LogP contribution in [0.15, 0.2) is 24.3 Å². The largest absolute Gasteiger partial charge is 0.480 e. The van der Waals surface area contributed by atoms with Crippen molar-refractivity contribution in [2.24, 2.45) is 0 Å². The second-order valence-corrected chi connectivity index (χ2v) is 5.89. The lowest BCUT2D eigenvalue weighted by atomic mass is 10.0. The lowest BCUT2D eigenvalue weighted by Gasteiger charge is -2.28. The van der Waals surface area contributed by atoms with Gasteiger partial charge < -0.3 is 15.6 Å². The van der Waals surface area contributed by atoms with Gasteiger partial charge >= 0.3 is 12.1 Å². The zero-order valence-corrected chi connectivity index (χ0v) is 12.8. The van der Waals surface area contributed by atoms with E-state index in [0.717, 1.165) is 10.5 Å². The summed E-state index contributed by atoms with van der Waals surface area (Å²) in [5, 5.41) is 9.33. The quantitative estimate of drug-likeness (QED) is 0.830. The van der Waals surface area contributed by atoms with E-state index in [2.05, 4.69) is 0 Å². The molecular formula is C15H22N2O4. The Morgan fingerprint density at radius 2 is 1.81 bits per heavy atom. The standard InChI is InChI=1S/C15H22N2O4/c1-15(2,3)21-14(20)17(4)12(13(18)19)9-10-5-7-11(16)8-6-10/h5-8,12H,9,16H2,1-4H3,(H,18,19)/t12-/m0/s1.